The van der Waals surface area contributed by atoms with Crippen LogP contribution in [0.15, 0.2) is 48.5 Å². The van der Waals surface area contributed by atoms with Gasteiger partial charge in [0.1, 0.15) is 5.75 Å². The Morgan fingerprint density at radius 2 is 1.70 bits per heavy atom. The third kappa shape index (κ3) is 5.40. The number of halogens is 2. The van der Waals surface area contributed by atoms with Crippen molar-refractivity contribution < 1.29 is 18.3 Å². The molecule has 1 amide bonds. The summed E-state index contributed by atoms with van der Waals surface area (Å²) in [5.74, 6) is -0.169. The molecule has 0 aliphatic carbocycles. The van der Waals surface area contributed by atoms with Crippen LogP contribution >= 0.6 is 0 Å². The minimum absolute atomic E-state index is 0.0530. The molecule has 23 heavy (non-hydrogen) atoms. The molecule has 0 saturated heterocycles. The van der Waals surface area contributed by atoms with Crippen LogP contribution in [0.2, 0.25) is 0 Å². The lowest BCUT2D eigenvalue weighted by Crippen LogP contribution is -2.14. The third-order valence-electron chi connectivity index (χ3n) is 3.03. The maximum atomic E-state index is 12.0. The van der Waals surface area contributed by atoms with E-state index in [1.165, 1.54) is 12.1 Å². The van der Waals surface area contributed by atoms with Gasteiger partial charge in [-0.15, -0.1) is 0 Å². The van der Waals surface area contributed by atoms with E-state index in [4.69, 9.17) is 5.26 Å². The molecule has 2 rings (SSSR count). The Labute approximate surface area is 132 Å². The highest BCUT2D eigenvalue weighted by atomic mass is 19.3. The largest absolute Gasteiger partial charge is 0.435 e. The van der Waals surface area contributed by atoms with Gasteiger partial charge in [0, 0.05) is 5.69 Å². The van der Waals surface area contributed by atoms with Crippen LogP contribution in [0.5, 0.6) is 5.75 Å². The summed E-state index contributed by atoms with van der Waals surface area (Å²) in [4.78, 5) is 11.9. The standard InChI is InChI=1S/C17H14F2N2O2/c18-17(19)23-15-7-3-13(4-8-15)11-16(22)21-14-5-1-12(2-6-14)9-10-20/h1-8,17H,9,11H2,(H,21,22). The van der Waals surface area contributed by atoms with Crippen LogP contribution in [-0.4, -0.2) is 12.5 Å². The average molecular weight is 316 g/mol. The number of anilines is 1. The summed E-state index contributed by atoms with van der Waals surface area (Å²) in [6, 6.07) is 15.0. The van der Waals surface area contributed by atoms with Gasteiger partial charge in [-0.1, -0.05) is 24.3 Å². The van der Waals surface area contributed by atoms with Crippen molar-refractivity contribution in [1.82, 2.24) is 0 Å². The first kappa shape index (κ1) is 16.4. The molecular weight excluding hydrogens is 302 g/mol. The summed E-state index contributed by atoms with van der Waals surface area (Å²) in [5, 5.41) is 11.3. The number of rotatable bonds is 6. The molecule has 0 fully saturated rings. The minimum Gasteiger partial charge on any atom is -0.435 e. The summed E-state index contributed by atoms with van der Waals surface area (Å²) in [6.45, 7) is -2.87. The maximum absolute atomic E-state index is 12.0. The van der Waals surface area contributed by atoms with Crippen molar-refractivity contribution in [3.8, 4) is 11.8 Å². The van der Waals surface area contributed by atoms with Crippen molar-refractivity contribution in [3.63, 3.8) is 0 Å². The van der Waals surface area contributed by atoms with E-state index in [-0.39, 0.29) is 18.1 Å². The fraction of sp³-hybridized carbons (Fsp3) is 0.176. The van der Waals surface area contributed by atoms with Crippen molar-refractivity contribution in [2.45, 2.75) is 19.5 Å². The zero-order valence-electron chi connectivity index (χ0n) is 12.1. The molecule has 4 nitrogen and oxygen atoms in total. The van der Waals surface area contributed by atoms with Crippen molar-refractivity contribution in [1.29, 1.82) is 5.26 Å². The lowest BCUT2D eigenvalue weighted by molar-refractivity contribution is -0.115. The zero-order valence-corrected chi connectivity index (χ0v) is 12.1. The molecule has 118 valence electrons. The number of nitriles is 1. The quantitative estimate of drug-likeness (QED) is 0.886. The van der Waals surface area contributed by atoms with Crippen molar-refractivity contribution >= 4 is 11.6 Å². The zero-order chi connectivity index (χ0) is 16.7. The van der Waals surface area contributed by atoms with E-state index in [2.05, 4.69) is 10.1 Å². The van der Waals surface area contributed by atoms with Crippen LogP contribution in [0.3, 0.4) is 0 Å². The average Bonchev–Trinajstić information content (AvgIpc) is 2.51. The molecule has 0 spiro atoms. The van der Waals surface area contributed by atoms with E-state index < -0.39 is 6.61 Å². The highest BCUT2D eigenvalue weighted by Crippen LogP contribution is 2.16. The molecule has 1 N–H and O–H groups in total. The number of hydrogen-bond acceptors (Lipinski definition) is 3. The van der Waals surface area contributed by atoms with Crippen LogP contribution in [0, 0.1) is 11.3 Å². The SMILES string of the molecule is N#CCc1ccc(NC(=O)Cc2ccc(OC(F)F)cc2)cc1. The number of ether oxygens (including phenoxy) is 1. The lowest BCUT2D eigenvalue weighted by atomic mass is 10.1. The molecule has 2 aromatic rings. The van der Waals surface area contributed by atoms with Crippen molar-refractivity contribution in [2.24, 2.45) is 0 Å². The van der Waals surface area contributed by atoms with Gasteiger partial charge in [-0.2, -0.15) is 14.0 Å². The summed E-state index contributed by atoms with van der Waals surface area (Å²) >= 11 is 0. The second kappa shape index (κ2) is 7.90. The fourth-order valence-corrected chi connectivity index (χ4v) is 1.98. The first-order valence-electron chi connectivity index (χ1n) is 6.86. The Hall–Kier alpha value is -2.94. The van der Waals surface area contributed by atoms with E-state index in [0.717, 1.165) is 5.56 Å². The van der Waals surface area contributed by atoms with Gasteiger partial charge in [0.15, 0.2) is 0 Å². The fourth-order valence-electron chi connectivity index (χ4n) is 1.98. The number of amides is 1. The van der Waals surface area contributed by atoms with Crippen LogP contribution in [0.4, 0.5) is 14.5 Å². The van der Waals surface area contributed by atoms with Gasteiger partial charge in [0.25, 0.3) is 0 Å². The van der Waals surface area contributed by atoms with Gasteiger partial charge in [0.05, 0.1) is 18.9 Å². The molecule has 0 aromatic heterocycles. The number of nitrogens with zero attached hydrogens (tertiary/aromatic N) is 1. The summed E-state index contributed by atoms with van der Waals surface area (Å²) < 4.78 is 28.3. The third-order valence-corrected chi connectivity index (χ3v) is 3.03. The minimum atomic E-state index is -2.87. The Balaban J connectivity index is 1.90. The van der Waals surface area contributed by atoms with Crippen molar-refractivity contribution in [2.75, 3.05) is 5.32 Å². The van der Waals surface area contributed by atoms with Crippen molar-refractivity contribution in [3.05, 3.63) is 59.7 Å². The Morgan fingerprint density at radius 3 is 2.26 bits per heavy atom. The first-order valence-corrected chi connectivity index (χ1v) is 6.86. The molecule has 0 unspecified atom stereocenters. The molecule has 2 aromatic carbocycles. The van der Waals surface area contributed by atoms with Gasteiger partial charge in [0.2, 0.25) is 5.91 Å². The highest BCUT2D eigenvalue weighted by Gasteiger charge is 2.07. The van der Waals surface area contributed by atoms with Gasteiger partial charge < -0.3 is 10.1 Å². The molecular formula is C17H14F2N2O2. The molecule has 0 heterocycles. The maximum Gasteiger partial charge on any atom is 0.387 e. The normalized spacial score (nSPS) is 10.2. The summed E-state index contributed by atoms with van der Waals surface area (Å²) in [7, 11) is 0. The predicted octanol–water partition coefficient (Wildman–Crippen LogP) is 3.54. The smallest absolute Gasteiger partial charge is 0.387 e. The Bertz CT molecular complexity index is 692. The Kier molecular flexibility index (Phi) is 5.64. The molecule has 0 aliphatic rings. The van der Waals surface area contributed by atoms with Crippen LogP contribution in [0.25, 0.3) is 0 Å². The number of benzene rings is 2. The first-order chi connectivity index (χ1) is 11.1. The van der Waals surface area contributed by atoms with Crippen LogP contribution in [-0.2, 0) is 17.6 Å². The molecule has 0 bridgehead atoms. The Morgan fingerprint density at radius 1 is 1.09 bits per heavy atom. The van der Waals surface area contributed by atoms with E-state index in [9.17, 15) is 13.6 Å². The molecule has 0 atom stereocenters. The topological polar surface area (TPSA) is 62.1 Å². The van der Waals surface area contributed by atoms with Crippen LogP contribution in [0.1, 0.15) is 11.1 Å². The molecule has 0 aliphatic heterocycles. The van der Waals surface area contributed by atoms with Gasteiger partial charge in [-0.3, -0.25) is 4.79 Å². The molecule has 0 radical (unpaired) electrons. The number of alkyl halides is 2. The number of carbonyl (C=O) groups excluding carboxylic acids is 1. The summed E-state index contributed by atoms with van der Waals surface area (Å²) in [6.07, 6.45) is 0.441. The highest BCUT2D eigenvalue weighted by molar-refractivity contribution is 5.92. The summed E-state index contributed by atoms with van der Waals surface area (Å²) in [5.41, 5.74) is 2.19. The monoisotopic (exact) mass is 316 g/mol. The van der Waals surface area contributed by atoms with Crippen LogP contribution < -0.4 is 10.1 Å². The van der Waals surface area contributed by atoms with E-state index >= 15 is 0 Å². The van der Waals surface area contributed by atoms with Gasteiger partial charge >= 0.3 is 6.61 Å². The number of nitrogens with one attached hydrogen (secondary N) is 1. The van der Waals surface area contributed by atoms with Gasteiger partial charge in [-0.05, 0) is 35.4 Å². The predicted molar refractivity (Wildman–Crippen MR) is 81.2 cm³/mol. The van der Waals surface area contributed by atoms with E-state index in [0.29, 0.717) is 17.7 Å². The van der Waals surface area contributed by atoms with Gasteiger partial charge in [-0.25, -0.2) is 0 Å². The van der Waals surface area contributed by atoms with E-state index in [1.807, 2.05) is 6.07 Å². The lowest BCUT2D eigenvalue weighted by Gasteiger charge is -2.07. The number of carbonyl (C=O) groups is 1. The molecule has 6 heteroatoms. The van der Waals surface area contributed by atoms with E-state index in [1.54, 1.807) is 36.4 Å². The second-order valence-electron chi connectivity index (χ2n) is 4.78. The molecule has 0 saturated carbocycles. The second-order valence-corrected chi connectivity index (χ2v) is 4.78. The number of hydrogen-bond donors (Lipinski definition) is 1.